The van der Waals surface area contributed by atoms with Crippen molar-refractivity contribution in [1.82, 2.24) is 10.4 Å². The van der Waals surface area contributed by atoms with Gasteiger partial charge >= 0.3 is 0 Å². The second-order valence-corrected chi connectivity index (χ2v) is 7.22. The first-order valence-corrected chi connectivity index (χ1v) is 9.22. The van der Waals surface area contributed by atoms with Gasteiger partial charge in [-0.25, -0.2) is 5.43 Å². The first-order chi connectivity index (χ1) is 12.2. The Bertz CT molecular complexity index is 957. The van der Waals surface area contributed by atoms with Gasteiger partial charge in [-0.05, 0) is 67.1 Å². The number of benzene rings is 2. The van der Waals surface area contributed by atoms with E-state index in [9.17, 15) is 4.79 Å². The quantitative estimate of drug-likeness (QED) is 0.495. The summed E-state index contributed by atoms with van der Waals surface area (Å²) in [5.41, 5.74) is 7.98. The molecule has 5 heteroatoms. The van der Waals surface area contributed by atoms with Crippen molar-refractivity contribution in [3.63, 3.8) is 0 Å². The second-order valence-electron chi connectivity index (χ2n) is 6.30. The van der Waals surface area contributed by atoms with Gasteiger partial charge in [0, 0.05) is 26.6 Å². The third-order valence-electron chi connectivity index (χ3n) is 4.61. The Morgan fingerprint density at radius 3 is 2.76 bits per heavy atom. The zero-order valence-electron chi connectivity index (χ0n) is 13.7. The summed E-state index contributed by atoms with van der Waals surface area (Å²) in [5.74, 6) is -0.193. The van der Waals surface area contributed by atoms with Crippen molar-refractivity contribution in [3.05, 3.63) is 69.3 Å². The number of hydrazone groups is 1. The second kappa shape index (κ2) is 6.84. The van der Waals surface area contributed by atoms with Gasteiger partial charge in [0.2, 0.25) is 0 Å². The van der Waals surface area contributed by atoms with Crippen LogP contribution < -0.4 is 5.43 Å². The van der Waals surface area contributed by atoms with E-state index in [-0.39, 0.29) is 5.91 Å². The fourth-order valence-corrected chi connectivity index (χ4v) is 3.59. The number of hydrogen-bond donors (Lipinski definition) is 2. The molecule has 3 aromatic rings. The van der Waals surface area contributed by atoms with E-state index in [0.717, 1.165) is 28.4 Å². The Hall–Kier alpha value is -2.40. The summed E-state index contributed by atoms with van der Waals surface area (Å²) >= 11 is 3.39. The molecule has 25 heavy (non-hydrogen) atoms. The van der Waals surface area contributed by atoms with Gasteiger partial charge in [-0.2, -0.15) is 5.10 Å². The highest BCUT2D eigenvalue weighted by atomic mass is 79.9. The molecular weight excluding hydrogens is 378 g/mol. The number of halogens is 1. The number of rotatable bonds is 3. The van der Waals surface area contributed by atoms with Crippen LogP contribution in [-0.4, -0.2) is 17.1 Å². The molecule has 1 aliphatic carbocycles. The number of nitrogens with zero attached hydrogens (tertiary/aromatic N) is 1. The molecule has 0 saturated heterocycles. The monoisotopic (exact) mass is 395 g/mol. The Morgan fingerprint density at radius 1 is 1.12 bits per heavy atom. The van der Waals surface area contributed by atoms with Crippen molar-refractivity contribution in [2.24, 2.45) is 5.10 Å². The van der Waals surface area contributed by atoms with E-state index >= 15 is 0 Å². The lowest BCUT2D eigenvalue weighted by Gasteiger charge is -2.10. The standard InChI is InChI=1S/C20H18BrN3O/c21-15-8-5-13(6-9-15)12-22-24-20(25)14-7-10-19-17(11-14)16-3-1-2-4-18(16)23-19/h5-12,23H,1-4H2,(H,24,25)/b22-12-. The number of H-pyrrole nitrogens is 1. The molecule has 0 fully saturated rings. The fraction of sp³-hybridized carbons (Fsp3) is 0.200. The summed E-state index contributed by atoms with van der Waals surface area (Å²) in [4.78, 5) is 15.9. The molecule has 126 valence electrons. The van der Waals surface area contributed by atoms with E-state index in [1.165, 1.54) is 29.5 Å². The number of amides is 1. The molecule has 0 atom stereocenters. The molecule has 4 rings (SSSR count). The first kappa shape index (κ1) is 16.1. The number of carbonyl (C=O) groups excluding carboxylic acids is 1. The molecule has 4 nitrogen and oxygen atoms in total. The summed E-state index contributed by atoms with van der Waals surface area (Å²) in [6.45, 7) is 0. The lowest BCUT2D eigenvalue weighted by molar-refractivity contribution is 0.0955. The summed E-state index contributed by atoms with van der Waals surface area (Å²) < 4.78 is 1.01. The van der Waals surface area contributed by atoms with Crippen LogP contribution in [0, 0.1) is 0 Å². The smallest absolute Gasteiger partial charge is 0.271 e. The Balaban J connectivity index is 1.52. The highest BCUT2D eigenvalue weighted by Crippen LogP contribution is 2.29. The average molecular weight is 396 g/mol. The van der Waals surface area contributed by atoms with E-state index in [1.807, 2.05) is 42.5 Å². The summed E-state index contributed by atoms with van der Waals surface area (Å²) in [6.07, 6.45) is 6.28. The van der Waals surface area contributed by atoms with Gasteiger partial charge in [0.1, 0.15) is 0 Å². The molecule has 2 N–H and O–H groups in total. The lowest BCUT2D eigenvalue weighted by Crippen LogP contribution is -2.17. The predicted molar refractivity (Wildman–Crippen MR) is 104 cm³/mol. The molecular formula is C20H18BrN3O. The van der Waals surface area contributed by atoms with Crippen LogP contribution in [0.1, 0.15) is 40.0 Å². The molecule has 0 saturated carbocycles. The number of fused-ring (bicyclic) bond motifs is 3. The van der Waals surface area contributed by atoms with Crippen LogP contribution in [0.4, 0.5) is 0 Å². The first-order valence-electron chi connectivity index (χ1n) is 8.43. The Labute approximate surface area is 154 Å². The summed E-state index contributed by atoms with van der Waals surface area (Å²) in [5, 5.41) is 5.22. The van der Waals surface area contributed by atoms with E-state index in [4.69, 9.17) is 0 Å². The van der Waals surface area contributed by atoms with Gasteiger partial charge in [-0.1, -0.05) is 28.1 Å². The number of nitrogens with one attached hydrogen (secondary N) is 2. The van der Waals surface area contributed by atoms with Gasteiger partial charge in [-0.3, -0.25) is 4.79 Å². The third-order valence-corrected chi connectivity index (χ3v) is 5.14. The van der Waals surface area contributed by atoms with Crippen LogP contribution in [0.15, 0.2) is 52.0 Å². The van der Waals surface area contributed by atoms with Crippen molar-refractivity contribution >= 4 is 39.0 Å². The van der Waals surface area contributed by atoms with Gasteiger partial charge < -0.3 is 4.98 Å². The molecule has 0 bridgehead atoms. The average Bonchev–Trinajstić information content (AvgIpc) is 3.01. The van der Waals surface area contributed by atoms with Crippen molar-refractivity contribution in [3.8, 4) is 0 Å². The maximum absolute atomic E-state index is 12.4. The SMILES string of the molecule is O=C(N/N=C\c1ccc(Br)cc1)c1ccc2[nH]c3c(c2c1)CCCC3. The van der Waals surface area contributed by atoms with Gasteiger partial charge in [-0.15, -0.1) is 0 Å². The number of hydrogen-bond acceptors (Lipinski definition) is 2. The number of aryl methyl sites for hydroxylation is 2. The van der Waals surface area contributed by atoms with Crippen LogP contribution in [0.25, 0.3) is 10.9 Å². The maximum atomic E-state index is 12.4. The minimum absolute atomic E-state index is 0.193. The zero-order chi connectivity index (χ0) is 17.2. The minimum Gasteiger partial charge on any atom is -0.358 e. The summed E-state index contributed by atoms with van der Waals surface area (Å²) in [6, 6.07) is 13.5. The van der Waals surface area contributed by atoms with E-state index in [2.05, 4.69) is 31.4 Å². The number of aromatic amines is 1. The van der Waals surface area contributed by atoms with Gasteiger partial charge in [0.15, 0.2) is 0 Å². The minimum atomic E-state index is -0.193. The molecule has 2 aromatic carbocycles. The topological polar surface area (TPSA) is 57.2 Å². The molecule has 0 radical (unpaired) electrons. The van der Waals surface area contributed by atoms with Crippen molar-refractivity contribution in [1.29, 1.82) is 0 Å². The predicted octanol–water partition coefficient (Wildman–Crippen LogP) is 4.57. The van der Waals surface area contributed by atoms with E-state index < -0.39 is 0 Å². The molecule has 0 aliphatic heterocycles. The van der Waals surface area contributed by atoms with Crippen molar-refractivity contribution in [2.45, 2.75) is 25.7 Å². The molecule has 0 unspecified atom stereocenters. The van der Waals surface area contributed by atoms with Crippen molar-refractivity contribution in [2.75, 3.05) is 0 Å². The Kier molecular flexibility index (Phi) is 4.40. The third kappa shape index (κ3) is 3.37. The van der Waals surface area contributed by atoms with Crippen molar-refractivity contribution < 1.29 is 4.79 Å². The molecule has 1 aliphatic rings. The summed E-state index contributed by atoms with van der Waals surface area (Å²) in [7, 11) is 0. The van der Waals surface area contributed by atoms with Crippen LogP contribution in [0.5, 0.6) is 0 Å². The van der Waals surface area contributed by atoms with Crippen LogP contribution in [0.3, 0.4) is 0 Å². The number of aromatic nitrogens is 1. The molecule has 1 amide bonds. The normalized spacial score (nSPS) is 14.0. The van der Waals surface area contributed by atoms with E-state index in [0.29, 0.717) is 5.56 Å². The fourth-order valence-electron chi connectivity index (χ4n) is 3.33. The Morgan fingerprint density at radius 2 is 1.92 bits per heavy atom. The lowest BCUT2D eigenvalue weighted by atomic mass is 9.95. The van der Waals surface area contributed by atoms with Crippen LogP contribution in [0.2, 0.25) is 0 Å². The molecule has 1 heterocycles. The number of carbonyl (C=O) groups is 1. The maximum Gasteiger partial charge on any atom is 0.271 e. The highest BCUT2D eigenvalue weighted by Gasteiger charge is 2.16. The molecule has 0 spiro atoms. The van der Waals surface area contributed by atoms with Crippen LogP contribution >= 0.6 is 15.9 Å². The van der Waals surface area contributed by atoms with Crippen LogP contribution in [-0.2, 0) is 12.8 Å². The zero-order valence-corrected chi connectivity index (χ0v) is 15.3. The highest BCUT2D eigenvalue weighted by molar-refractivity contribution is 9.10. The van der Waals surface area contributed by atoms with Gasteiger partial charge in [0.05, 0.1) is 6.21 Å². The van der Waals surface area contributed by atoms with Gasteiger partial charge in [0.25, 0.3) is 5.91 Å². The molecule has 1 aromatic heterocycles. The largest absolute Gasteiger partial charge is 0.358 e. The van der Waals surface area contributed by atoms with E-state index in [1.54, 1.807) is 6.21 Å².